The molecule has 0 radical (unpaired) electrons. The van der Waals surface area contributed by atoms with Gasteiger partial charge in [0.2, 0.25) is 0 Å². The molecular formula is C80H116F12O16S4. The summed E-state index contributed by atoms with van der Waals surface area (Å²) < 4.78 is 335. The second-order valence-electron chi connectivity index (χ2n) is 29.1. The SMILES string of the molecule is CCCCCCCCCCCC1c2cc(c(OS(=O)(=O)C(F)(F)F)cc2OC)C(CCCCCCCCCCC)c2cc(c(OS(=O)(=O)C(F)(F)F)cc2OC)C(CCCCCCCCCCC)c2cc(c(OS(=O)(=O)C(F)(F)F)cc2OC)C(CCCCCCCCCCC)c2cc1c(OS(=O)(=O)C(F)(F)F)cc2OC. The largest absolute Gasteiger partial charge is 0.534 e. The van der Waals surface area contributed by atoms with E-state index in [2.05, 4.69) is 27.7 Å². The summed E-state index contributed by atoms with van der Waals surface area (Å²) in [4.78, 5) is 0. The minimum Gasteiger partial charge on any atom is -0.496 e. The van der Waals surface area contributed by atoms with Crippen molar-refractivity contribution in [3.05, 3.63) is 93.0 Å². The maximum Gasteiger partial charge on any atom is 0.534 e. The molecule has 4 unspecified atom stereocenters. The Morgan fingerprint density at radius 3 is 0.491 bits per heavy atom. The fourth-order valence-electron chi connectivity index (χ4n) is 14.8. The lowest BCUT2D eigenvalue weighted by Crippen LogP contribution is -2.29. The summed E-state index contributed by atoms with van der Waals surface area (Å²) in [6.45, 7) is 8.20. The smallest absolute Gasteiger partial charge is 0.496 e. The van der Waals surface area contributed by atoms with Crippen molar-refractivity contribution in [1.82, 2.24) is 0 Å². The highest BCUT2D eigenvalue weighted by molar-refractivity contribution is 7.88. The van der Waals surface area contributed by atoms with Crippen molar-refractivity contribution in [2.24, 2.45) is 0 Å². The summed E-state index contributed by atoms with van der Waals surface area (Å²) in [7, 11) is -22.8. The van der Waals surface area contributed by atoms with Gasteiger partial charge < -0.3 is 35.7 Å². The number of alkyl halides is 12. The molecule has 0 aromatic heterocycles. The van der Waals surface area contributed by atoms with Crippen LogP contribution < -0.4 is 35.7 Å². The summed E-state index contributed by atoms with van der Waals surface area (Å²) in [6, 6.07) is 7.75. The monoisotopic (exact) mass is 1690 g/mol. The zero-order valence-corrected chi connectivity index (χ0v) is 69.2. The highest BCUT2D eigenvalue weighted by Gasteiger charge is 2.53. The number of fused-ring (bicyclic) bond motifs is 8. The predicted octanol–water partition coefficient (Wildman–Crippen LogP) is 25.2. The molecule has 16 nitrogen and oxygen atoms in total. The molecule has 1 aliphatic carbocycles. The zero-order chi connectivity index (χ0) is 83.1. The molecule has 4 aromatic carbocycles. The molecule has 0 heterocycles. The molecule has 0 amide bonds. The van der Waals surface area contributed by atoms with Crippen molar-refractivity contribution in [3.8, 4) is 46.0 Å². The molecule has 32 heteroatoms. The van der Waals surface area contributed by atoms with Gasteiger partial charge in [-0.05, 0) is 49.9 Å². The maximum atomic E-state index is 15.1. The van der Waals surface area contributed by atoms with E-state index in [0.717, 1.165) is 205 Å². The van der Waals surface area contributed by atoms with Crippen molar-refractivity contribution in [3.63, 3.8) is 0 Å². The number of ether oxygens (including phenoxy) is 4. The maximum absolute atomic E-state index is 15.1. The molecule has 0 aliphatic heterocycles. The van der Waals surface area contributed by atoms with E-state index in [9.17, 15) is 33.7 Å². The molecule has 4 aromatic rings. The van der Waals surface area contributed by atoms with Gasteiger partial charge in [0, 0.05) is 92.4 Å². The number of hydrogen-bond acceptors (Lipinski definition) is 16. The number of methoxy groups -OCH3 is 4. The van der Waals surface area contributed by atoms with Crippen molar-refractivity contribution in [2.75, 3.05) is 28.4 Å². The van der Waals surface area contributed by atoms with E-state index in [1.807, 2.05) is 0 Å². The van der Waals surface area contributed by atoms with Gasteiger partial charge in [-0.25, -0.2) is 0 Å². The van der Waals surface area contributed by atoms with E-state index < -0.39 is 154 Å². The van der Waals surface area contributed by atoms with Crippen LogP contribution in [0.1, 0.15) is 353 Å². The normalized spacial score (nSPS) is 16.0. The Morgan fingerprint density at radius 1 is 0.223 bits per heavy atom. The average molecular weight is 1690 g/mol. The number of unbranched alkanes of at least 4 members (excludes halogenated alkanes) is 32. The molecular weight excluding hydrogens is 1570 g/mol. The molecule has 0 saturated heterocycles. The van der Waals surface area contributed by atoms with Crippen molar-refractivity contribution >= 4 is 40.5 Å². The van der Waals surface area contributed by atoms with Crippen LogP contribution in [0.5, 0.6) is 46.0 Å². The van der Waals surface area contributed by atoms with Crippen LogP contribution in [-0.4, -0.2) is 84.1 Å². The molecule has 112 heavy (non-hydrogen) atoms. The van der Waals surface area contributed by atoms with E-state index in [4.69, 9.17) is 35.7 Å². The van der Waals surface area contributed by atoms with E-state index in [1.165, 1.54) is 0 Å². The Hall–Kier alpha value is -5.76. The third-order valence-corrected chi connectivity index (χ3v) is 24.6. The summed E-state index contributed by atoms with van der Waals surface area (Å²) in [6.07, 6.45) is 24.3. The number of halogens is 12. The highest BCUT2D eigenvalue weighted by atomic mass is 32.2. The minimum atomic E-state index is -6.72. The molecule has 640 valence electrons. The first kappa shape index (κ1) is 96.8. The fourth-order valence-corrected chi connectivity index (χ4v) is 16.7. The van der Waals surface area contributed by atoms with Gasteiger partial charge in [-0.1, -0.05) is 259 Å². The number of rotatable bonds is 52. The molecule has 0 saturated carbocycles. The van der Waals surface area contributed by atoms with Crippen LogP contribution in [-0.2, 0) is 40.5 Å². The minimum absolute atomic E-state index is 0.115. The van der Waals surface area contributed by atoms with Crippen molar-refractivity contribution in [2.45, 2.75) is 330 Å². The first-order valence-electron chi connectivity index (χ1n) is 39.7. The molecule has 4 atom stereocenters. The molecule has 1 aliphatic rings. The van der Waals surface area contributed by atoms with E-state index in [0.29, 0.717) is 77.0 Å². The van der Waals surface area contributed by atoms with Gasteiger partial charge in [0.25, 0.3) is 0 Å². The Bertz CT molecular complexity index is 3490. The quantitative estimate of drug-likeness (QED) is 0.0174. The highest BCUT2D eigenvalue weighted by Crippen LogP contribution is 2.55. The second-order valence-corrected chi connectivity index (χ2v) is 35.3. The summed E-state index contributed by atoms with van der Waals surface area (Å²) >= 11 is 0. The zero-order valence-electron chi connectivity index (χ0n) is 65.9. The van der Waals surface area contributed by atoms with E-state index in [-0.39, 0.29) is 73.6 Å². The number of hydrogen-bond donors (Lipinski definition) is 0. The topological polar surface area (TPSA) is 210 Å². The molecule has 5 rings (SSSR count). The molecule has 0 spiro atoms. The summed E-state index contributed by atoms with van der Waals surface area (Å²) in [5.74, 6) is -12.7. The van der Waals surface area contributed by atoms with Gasteiger partial charge in [-0.3, -0.25) is 0 Å². The van der Waals surface area contributed by atoms with Crippen LogP contribution in [0.25, 0.3) is 0 Å². The van der Waals surface area contributed by atoms with Gasteiger partial charge in [-0.2, -0.15) is 86.4 Å². The van der Waals surface area contributed by atoms with Crippen LogP contribution >= 0.6 is 0 Å². The molecule has 0 fully saturated rings. The third-order valence-electron chi connectivity index (χ3n) is 20.8. The Balaban J connectivity index is 2.22. The van der Waals surface area contributed by atoms with Gasteiger partial charge in [-0.15, -0.1) is 0 Å². The number of benzene rings is 4. The second kappa shape index (κ2) is 45.7. The van der Waals surface area contributed by atoms with Gasteiger partial charge in [0.1, 0.15) is 46.0 Å². The third kappa shape index (κ3) is 28.3. The Morgan fingerprint density at radius 2 is 0.357 bits per heavy atom. The first-order chi connectivity index (χ1) is 52.8. The van der Waals surface area contributed by atoms with E-state index in [1.54, 1.807) is 0 Å². The van der Waals surface area contributed by atoms with Crippen molar-refractivity contribution < 1.29 is 122 Å². The van der Waals surface area contributed by atoms with Crippen LogP contribution in [0.15, 0.2) is 48.5 Å². The summed E-state index contributed by atoms with van der Waals surface area (Å²) in [5, 5.41) is 0. The fraction of sp³-hybridized carbons (Fsp3) is 0.700. The van der Waals surface area contributed by atoms with E-state index >= 15 is 52.7 Å². The molecule has 0 N–H and O–H groups in total. The van der Waals surface area contributed by atoms with Gasteiger partial charge in [0.15, 0.2) is 0 Å². The first-order valence-corrected chi connectivity index (χ1v) is 45.4. The Kier molecular flexibility index (Phi) is 39.5. The molecule has 8 bridgehead atoms. The lowest BCUT2D eigenvalue weighted by molar-refractivity contribution is -0.0505. The van der Waals surface area contributed by atoms with Crippen molar-refractivity contribution in [1.29, 1.82) is 0 Å². The lowest BCUT2D eigenvalue weighted by Gasteiger charge is -2.32. The van der Waals surface area contributed by atoms with Gasteiger partial charge in [0.05, 0.1) is 28.4 Å². The average Bonchev–Trinajstić information content (AvgIpc) is 0.743. The Labute approximate surface area is 656 Å². The van der Waals surface area contributed by atoms with Crippen LogP contribution in [0, 0.1) is 0 Å². The predicted molar refractivity (Wildman–Crippen MR) is 409 cm³/mol. The summed E-state index contributed by atoms with van der Waals surface area (Å²) in [5.41, 5.74) is -27.3. The standard InChI is InChI=1S/C80H116F12O16S4/c1-9-13-17-21-25-29-33-37-41-45-57-61-49-66(74(53-69(61)101-5)106-110(95,96)78(84,85)86)59(47-43-39-35-31-27-23-19-15-11-3)63-51-68(76(55-71(63)103-7)108-112(99,100)80(90,91)92)60(48-44-40-36-32-28-24-20-16-12-4)64-52-67(75(56-72(64)104-8)107-111(97,98)79(87,88)89)58(46-42-38-34-30-26-22-18-14-10-2)62-50-65(57)73(54-70(62)102-6)105-109(93,94)77(81,82)83/h49-60H,9-48H2,1-8H3. The van der Waals surface area contributed by atoms with Gasteiger partial charge >= 0.3 is 62.5 Å². The van der Waals surface area contributed by atoms with Crippen LogP contribution in [0.2, 0.25) is 0 Å². The van der Waals surface area contributed by atoms with Crippen LogP contribution in [0.4, 0.5) is 52.7 Å². The van der Waals surface area contributed by atoms with Crippen LogP contribution in [0.3, 0.4) is 0 Å². The lowest BCUT2D eigenvalue weighted by atomic mass is 9.76.